The van der Waals surface area contributed by atoms with Crippen LogP contribution < -0.4 is 0 Å². The average Bonchev–Trinajstić information content (AvgIpc) is 3.30. The van der Waals surface area contributed by atoms with Gasteiger partial charge in [0.05, 0.1) is 6.33 Å². The van der Waals surface area contributed by atoms with Gasteiger partial charge in [-0.1, -0.05) is 46.3 Å². The summed E-state index contributed by atoms with van der Waals surface area (Å²) in [6, 6.07) is 17.6. The van der Waals surface area contributed by atoms with Gasteiger partial charge in [0.25, 0.3) is 0 Å². The minimum atomic E-state index is -0.203. The highest BCUT2D eigenvalue weighted by atomic mass is 79.9. The van der Waals surface area contributed by atoms with Crippen molar-refractivity contribution in [1.82, 2.24) is 19.7 Å². The van der Waals surface area contributed by atoms with E-state index in [1.165, 1.54) is 0 Å². The highest BCUT2D eigenvalue weighted by molar-refractivity contribution is 9.10. The van der Waals surface area contributed by atoms with E-state index in [-0.39, 0.29) is 6.04 Å². The van der Waals surface area contributed by atoms with Gasteiger partial charge >= 0.3 is 0 Å². The zero-order valence-electron chi connectivity index (χ0n) is 12.6. The number of hydrogen-bond donors (Lipinski definition) is 0. The van der Waals surface area contributed by atoms with Crippen molar-refractivity contribution in [3.63, 3.8) is 0 Å². The Morgan fingerprint density at radius 3 is 2.46 bits per heavy atom. The Hall–Kier alpha value is -2.73. The summed E-state index contributed by atoms with van der Waals surface area (Å²) in [6.45, 7) is 0. The van der Waals surface area contributed by atoms with Crippen LogP contribution in [0.4, 0.5) is 0 Å². The van der Waals surface area contributed by atoms with Crippen molar-refractivity contribution in [2.75, 3.05) is 0 Å². The molecule has 1 atom stereocenters. The van der Waals surface area contributed by atoms with Crippen LogP contribution in [0.15, 0.2) is 82.2 Å². The fraction of sp³-hybridized carbons (Fsp3) is 0.0556. The van der Waals surface area contributed by atoms with Gasteiger partial charge in [0, 0.05) is 22.4 Å². The zero-order valence-corrected chi connectivity index (χ0v) is 14.2. The summed E-state index contributed by atoms with van der Waals surface area (Å²) in [5.41, 5.74) is 1.94. The lowest BCUT2D eigenvalue weighted by Crippen LogP contribution is -2.10. The predicted molar refractivity (Wildman–Crippen MR) is 93.3 cm³/mol. The molecule has 0 radical (unpaired) electrons. The van der Waals surface area contributed by atoms with Gasteiger partial charge in [-0.05, 0) is 29.8 Å². The highest BCUT2D eigenvalue weighted by Gasteiger charge is 2.22. The molecule has 0 amide bonds. The molecular formula is C18H13BrN4O. The second kappa shape index (κ2) is 6.41. The second-order valence-corrected chi connectivity index (χ2v) is 6.19. The number of nitrogens with zero attached hydrogens (tertiary/aromatic N) is 4. The number of aromatic nitrogens is 4. The van der Waals surface area contributed by atoms with Gasteiger partial charge in [0.2, 0.25) is 11.8 Å². The van der Waals surface area contributed by atoms with Gasteiger partial charge in [0.1, 0.15) is 6.04 Å². The third-order valence-corrected chi connectivity index (χ3v) is 4.23. The minimum Gasteiger partial charge on any atom is -0.418 e. The van der Waals surface area contributed by atoms with Crippen LogP contribution in [0.2, 0.25) is 0 Å². The summed E-state index contributed by atoms with van der Waals surface area (Å²) < 4.78 is 8.92. The van der Waals surface area contributed by atoms with Crippen LogP contribution in [0.25, 0.3) is 11.5 Å². The summed E-state index contributed by atoms with van der Waals surface area (Å²) in [5.74, 6) is 1.02. The maximum Gasteiger partial charge on any atom is 0.247 e. The Labute approximate surface area is 147 Å². The standard InChI is InChI=1S/C18H13BrN4O/c19-15-8-6-14(7-9-15)17-21-22-18(24-17)16(23-11-10-20-12-23)13-4-2-1-3-5-13/h1-12,16H. The number of imidazole rings is 1. The predicted octanol–water partition coefficient (Wildman–Crippen LogP) is 4.33. The molecule has 0 saturated carbocycles. The van der Waals surface area contributed by atoms with Gasteiger partial charge in [-0.25, -0.2) is 4.98 Å². The van der Waals surface area contributed by atoms with E-state index in [0.717, 1.165) is 15.6 Å². The third kappa shape index (κ3) is 2.88. The Morgan fingerprint density at radius 2 is 1.75 bits per heavy atom. The molecule has 4 rings (SSSR count). The smallest absolute Gasteiger partial charge is 0.247 e. The summed E-state index contributed by atoms with van der Waals surface area (Å²) in [6.07, 6.45) is 5.38. The van der Waals surface area contributed by atoms with Gasteiger partial charge in [-0.3, -0.25) is 0 Å². The van der Waals surface area contributed by atoms with E-state index >= 15 is 0 Å². The topological polar surface area (TPSA) is 56.7 Å². The Balaban J connectivity index is 1.76. The van der Waals surface area contributed by atoms with Crippen LogP contribution in [0.3, 0.4) is 0 Å². The lowest BCUT2D eigenvalue weighted by atomic mass is 10.1. The number of benzene rings is 2. The van der Waals surface area contributed by atoms with Gasteiger partial charge < -0.3 is 8.98 Å². The number of rotatable bonds is 4. The van der Waals surface area contributed by atoms with Crippen LogP contribution >= 0.6 is 15.9 Å². The normalized spacial score (nSPS) is 12.2. The zero-order chi connectivity index (χ0) is 16.4. The van der Waals surface area contributed by atoms with Crippen molar-refractivity contribution in [3.05, 3.63) is 89.2 Å². The van der Waals surface area contributed by atoms with Crippen molar-refractivity contribution in [1.29, 1.82) is 0 Å². The number of halogens is 1. The maximum absolute atomic E-state index is 5.96. The molecule has 0 bridgehead atoms. The molecule has 0 aliphatic carbocycles. The SMILES string of the molecule is Brc1ccc(-c2nnc(C(c3ccccc3)n3ccnc3)o2)cc1. The van der Waals surface area contributed by atoms with Crippen LogP contribution in [0, 0.1) is 0 Å². The van der Waals surface area contributed by atoms with Crippen molar-refractivity contribution in [2.24, 2.45) is 0 Å². The molecule has 0 saturated heterocycles. The molecule has 0 N–H and O–H groups in total. The first kappa shape index (κ1) is 14.8. The summed E-state index contributed by atoms with van der Waals surface area (Å²) in [4.78, 5) is 4.14. The van der Waals surface area contributed by atoms with Crippen LogP contribution in [-0.4, -0.2) is 19.7 Å². The van der Waals surface area contributed by atoms with Gasteiger partial charge in [0.15, 0.2) is 0 Å². The first-order valence-corrected chi connectivity index (χ1v) is 8.22. The molecule has 4 aromatic rings. The maximum atomic E-state index is 5.96. The largest absolute Gasteiger partial charge is 0.418 e. The molecule has 2 aromatic heterocycles. The molecule has 0 aliphatic heterocycles. The summed E-state index contributed by atoms with van der Waals surface area (Å²) in [7, 11) is 0. The molecule has 2 heterocycles. The quantitative estimate of drug-likeness (QED) is 0.528. The summed E-state index contributed by atoms with van der Waals surface area (Å²) >= 11 is 3.43. The molecule has 0 fully saturated rings. The Bertz CT molecular complexity index is 917. The van der Waals surface area contributed by atoms with Crippen molar-refractivity contribution in [3.8, 4) is 11.5 Å². The number of hydrogen-bond acceptors (Lipinski definition) is 4. The lowest BCUT2D eigenvalue weighted by molar-refractivity contribution is 0.453. The molecule has 24 heavy (non-hydrogen) atoms. The van der Waals surface area contributed by atoms with E-state index in [4.69, 9.17) is 4.42 Å². The molecule has 0 spiro atoms. The van der Waals surface area contributed by atoms with E-state index in [1.807, 2.05) is 65.4 Å². The van der Waals surface area contributed by atoms with E-state index in [9.17, 15) is 0 Å². The van der Waals surface area contributed by atoms with E-state index in [0.29, 0.717) is 11.8 Å². The van der Waals surface area contributed by atoms with Crippen LogP contribution in [0.5, 0.6) is 0 Å². The van der Waals surface area contributed by atoms with Gasteiger partial charge in [-0.2, -0.15) is 0 Å². The van der Waals surface area contributed by atoms with E-state index in [1.54, 1.807) is 12.5 Å². The molecule has 6 heteroatoms. The monoisotopic (exact) mass is 380 g/mol. The molecule has 1 unspecified atom stereocenters. The van der Waals surface area contributed by atoms with Crippen molar-refractivity contribution >= 4 is 15.9 Å². The van der Waals surface area contributed by atoms with Crippen LogP contribution in [0.1, 0.15) is 17.5 Å². The molecule has 5 nitrogen and oxygen atoms in total. The summed E-state index contributed by atoms with van der Waals surface area (Å²) in [5, 5.41) is 8.48. The lowest BCUT2D eigenvalue weighted by Gasteiger charge is -2.14. The second-order valence-electron chi connectivity index (χ2n) is 5.28. The molecule has 0 aliphatic rings. The van der Waals surface area contributed by atoms with E-state index < -0.39 is 0 Å². The van der Waals surface area contributed by atoms with E-state index in [2.05, 4.69) is 31.1 Å². The first-order chi connectivity index (χ1) is 11.8. The first-order valence-electron chi connectivity index (χ1n) is 7.43. The highest BCUT2D eigenvalue weighted by Crippen LogP contribution is 2.28. The molecular weight excluding hydrogens is 368 g/mol. The average molecular weight is 381 g/mol. The molecule has 118 valence electrons. The Kier molecular flexibility index (Phi) is 3.96. The van der Waals surface area contributed by atoms with Crippen molar-refractivity contribution in [2.45, 2.75) is 6.04 Å². The third-order valence-electron chi connectivity index (χ3n) is 3.70. The fourth-order valence-corrected chi connectivity index (χ4v) is 2.82. The van der Waals surface area contributed by atoms with Crippen LogP contribution in [-0.2, 0) is 0 Å². The van der Waals surface area contributed by atoms with Gasteiger partial charge in [-0.15, -0.1) is 10.2 Å². The minimum absolute atomic E-state index is 0.203. The Morgan fingerprint density at radius 1 is 0.958 bits per heavy atom. The molecule has 2 aromatic carbocycles. The van der Waals surface area contributed by atoms with Crippen molar-refractivity contribution < 1.29 is 4.42 Å². The fourth-order valence-electron chi connectivity index (χ4n) is 2.55.